The number of hydrogen-bond donors (Lipinski definition) is 0. The van der Waals surface area contributed by atoms with E-state index in [0.29, 0.717) is 16.9 Å². The molecule has 29 heavy (non-hydrogen) atoms. The van der Waals surface area contributed by atoms with Gasteiger partial charge in [0.05, 0.1) is 11.0 Å². The van der Waals surface area contributed by atoms with Gasteiger partial charge in [-0.3, -0.25) is 0 Å². The molecule has 0 atom stereocenters. The Morgan fingerprint density at radius 3 is 2.90 bits per heavy atom. The number of aromatic nitrogens is 7. The molecule has 0 radical (unpaired) electrons. The number of hydrogen-bond acceptors (Lipinski definition) is 6. The van der Waals surface area contributed by atoms with E-state index in [2.05, 4.69) is 25.4 Å². The highest BCUT2D eigenvalue weighted by atomic mass is 19.1. The smallest absolute Gasteiger partial charge is 0.236 e. The quantitative estimate of drug-likeness (QED) is 0.500. The molecular weight excluding hydrogens is 373 g/mol. The molecule has 1 aromatic carbocycles. The molecule has 0 amide bonds. The molecule has 4 aromatic rings. The van der Waals surface area contributed by atoms with E-state index in [1.807, 2.05) is 0 Å². The third-order valence-corrected chi connectivity index (χ3v) is 3.77. The molecular formula is C20H22FN7O. The lowest BCUT2D eigenvalue weighted by atomic mass is 9.88. The Morgan fingerprint density at radius 1 is 1.24 bits per heavy atom. The van der Waals surface area contributed by atoms with Crippen LogP contribution in [-0.4, -0.2) is 34.6 Å². The van der Waals surface area contributed by atoms with E-state index in [1.165, 1.54) is 18.2 Å². The van der Waals surface area contributed by atoms with Crippen LogP contribution >= 0.6 is 0 Å². The third-order valence-electron chi connectivity index (χ3n) is 3.77. The summed E-state index contributed by atoms with van der Waals surface area (Å²) in [5.41, 5.74) is -5.74. The van der Waals surface area contributed by atoms with Crippen LogP contribution in [0.3, 0.4) is 0 Å². The van der Waals surface area contributed by atoms with Gasteiger partial charge in [-0.2, -0.15) is 9.61 Å². The van der Waals surface area contributed by atoms with Gasteiger partial charge in [-0.1, -0.05) is 32.7 Å². The normalized spacial score (nSPS) is 22.8. The summed E-state index contributed by atoms with van der Waals surface area (Å²) in [4.78, 5) is 3.55. The van der Waals surface area contributed by atoms with Crippen LogP contribution in [-0.2, 0) is 18.5 Å². The molecule has 9 heteroatoms. The summed E-state index contributed by atoms with van der Waals surface area (Å²) in [5.74, 6) is -3.64. The van der Waals surface area contributed by atoms with Crippen molar-refractivity contribution in [1.82, 2.24) is 34.6 Å². The summed E-state index contributed by atoms with van der Waals surface area (Å²) >= 11 is 0. The van der Waals surface area contributed by atoms with Crippen molar-refractivity contribution in [2.75, 3.05) is 0 Å². The average Bonchev–Trinajstić information content (AvgIpc) is 3.50. The van der Waals surface area contributed by atoms with Gasteiger partial charge in [-0.15, -0.1) is 15.3 Å². The lowest BCUT2D eigenvalue weighted by molar-refractivity contribution is 0.264. The van der Waals surface area contributed by atoms with Gasteiger partial charge in [-0.25, -0.2) is 14.1 Å². The van der Waals surface area contributed by atoms with E-state index in [1.54, 1.807) is 0 Å². The number of fused-ring (bicyclic) bond motifs is 1. The molecule has 0 bridgehead atoms. The van der Waals surface area contributed by atoms with Crippen molar-refractivity contribution in [2.24, 2.45) is 0 Å². The van der Waals surface area contributed by atoms with E-state index in [-0.39, 0.29) is 16.1 Å². The molecule has 150 valence electrons. The molecule has 0 fully saturated rings. The monoisotopic (exact) mass is 411 g/mol. The van der Waals surface area contributed by atoms with Crippen LogP contribution in [0.15, 0.2) is 36.7 Å². The number of aryl methyl sites for hydroxylation is 1. The predicted molar refractivity (Wildman–Crippen MR) is 105 cm³/mol. The molecule has 0 N–H and O–H groups in total. The highest BCUT2D eigenvalue weighted by Crippen LogP contribution is 2.32. The topological polar surface area (TPSA) is 83.0 Å². The zero-order chi connectivity index (χ0) is 34.2. The number of ether oxygens (including phenoxy) is 1. The fourth-order valence-electron chi connectivity index (χ4n) is 2.46. The summed E-state index contributed by atoms with van der Waals surface area (Å²) in [7, 11) is 0. The zero-order valence-corrected chi connectivity index (χ0v) is 14.4. The first-order valence-electron chi connectivity index (χ1n) is 15.9. The summed E-state index contributed by atoms with van der Waals surface area (Å²) in [6, 6.07) is 5.70. The first kappa shape index (κ1) is 7.81. The molecule has 0 aliphatic carbocycles. The van der Waals surface area contributed by atoms with Crippen molar-refractivity contribution >= 4 is 5.65 Å². The minimum Gasteiger partial charge on any atom is -0.468 e. The summed E-state index contributed by atoms with van der Waals surface area (Å²) in [5, 5.41) is 15.0. The standard InChI is InChI=1S/C20H22FN7O/c1-5-27-17(22-12-23-27)11-29-19-14(20(2,3)4)10-16-24-25-18(28(16)26-19)13-8-6-7-9-15(13)21/h6-10,12H,5,11H2,1-4H3/i1D3,2D3,3D3,4D3,5D2,11D2. The van der Waals surface area contributed by atoms with Gasteiger partial charge in [0.25, 0.3) is 0 Å². The minimum absolute atomic E-state index is 0.0340. The molecule has 0 saturated heterocycles. The maximum atomic E-state index is 14.7. The number of nitrogens with zero attached hydrogens (tertiary/aromatic N) is 7. The molecule has 0 saturated carbocycles. The molecule has 3 aromatic heterocycles. The highest BCUT2D eigenvalue weighted by molar-refractivity contribution is 5.60. The summed E-state index contributed by atoms with van der Waals surface area (Å²) in [6.45, 7) is -22.0. The summed E-state index contributed by atoms with van der Waals surface area (Å²) in [6.07, 6.45) is 0.589. The molecule has 8 nitrogen and oxygen atoms in total. The molecule has 4 rings (SSSR count). The van der Waals surface area contributed by atoms with Crippen molar-refractivity contribution in [3.8, 4) is 17.3 Å². The fourth-order valence-corrected chi connectivity index (χ4v) is 2.46. The Balaban J connectivity index is 2.10. The van der Waals surface area contributed by atoms with Crippen LogP contribution in [0.5, 0.6) is 5.88 Å². The maximum Gasteiger partial charge on any atom is 0.236 e. The second kappa shape index (κ2) is 7.23. The Morgan fingerprint density at radius 2 is 2.10 bits per heavy atom. The molecule has 0 spiro atoms. The third kappa shape index (κ3) is 3.55. The second-order valence-corrected chi connectivity index (χ2v) is 5.70. The lowest BCUT2D eigenvalue weighted by Crippen LogP contribution is -2.17. The largest absolute Gasteiger partial charge is 0.468 e. The van der Waals surface area contributed by atoms with E-state index in [9.17, 15) is 4.39 Å². The highest BCUT2D eigenvalue weighted by Gasteiger charge is 2.24. The molecule has 3 heterocycles. The maximum absolute atomic E-state index is 14.7. The van der Waals surface area contributed by atoms with Gasteiger partial charge in [0.15, 0.2) is 17.3 Å². The van der Waals surface area contributed by atoms with Crippen LogP contribution in [0, 0.1) is 5.82 Å². The van der Waals surface area contributed by atoms with Gasteiger partial charge in [0, 0.05) is 28.5 Å². The van der Waals surface area contributed by atoms with Crippen molar-refractivity contribution < 1.29 is 31.1 Å². The Hall–Kier alpha value is -3.36. The summed E-state index contributed by atoms with van der Waals surface area (Å²) < 4.78 is 149. The van der Waals surface area contributed by atoms with Gasteiger partial charge in [0.1, 0.15) is 18.7 Å². The van der Waals surface area contributed by atoms with Gasteiger partial charge < -0.3 is 4.74 Å². The molecule has 0 unspecified atom stereocenters. The van der Waals surface area contributed by atoms with Crippen molar-refractivity contribution in [2.45, 2.75) is 45.9 Å². The Bertz CT molecular complexity index is 1680. The number of halogens is 1. The van der Waals surface area contributed by atoms with Crippen LogP contribution in [0.1, 0.15) is 60.7 Å². The van der Waals surface area contributed by atoms with Crippen molar-refractivity contribution in [3.63, 3.8) is 0 Å². The zero-order valence-electron chi connectivity index (χ0n) is 30.4. The molecule has 0 aliphatic heterocycles. The average molecular weight is 412 g/mol. The van der Waals surface area contributed by atoms with E-state index < -0.39 is 74.6 Å². The van der Waals surface area contributed by atoms with Gasteiger partial charge >= 0.3 is 0 Å². The van der Waals surface area contributed by atoms with Crippen LogP contribution < -0.4 is 4.74 Å². The predicted octanol–water partition coefficient (Wildman–Crippen LogP) is 3.42. The molecule has 0 aliphatic rings. The van der Waals surface area contributed by atoms with Gasteiger partial charge in [-0.05, 0) is 30.5 Å². The first-order valence-corrected chi connectivity index (χ1v) is 7.91. The number of benzene rings is 1. The van der Waals surface area contributed by atoms with E-state index >= 15 is 0 Å². The van der Waals surface area contributed by atoms with Crippen LogP contribution in [0.2, 0.25) is 0 Å². The van der Waals surface area contributed by atoms with Gasteiger partial charge in [0.2, 0.25) is 5.88 Å². The van der Waals surface area contributed by atoms with E-state index in [0.717, 1.165) is 6.07 Å². The second-order valence-electron chi connectivity index (χ2n) is 5.70. The van der Waals surface area contributed by atoms with Crippen LogP contribution in [0.4, 0.5) is 4.39 Å². The van der Waals surface area contributed by atoms with Crippen molar-refractivity contribution in [1.29, 1.82) is 0 Å². The lowest BCUT2D eigenvalue weighted by Gasteiger charge is -2.21. The van der Waals surface area contributed by atoms with Crippen LogP contribution in [0.25, 0.3) is 17.0 Å². The Kier molecular flexibility index (Phi) is 1.95. The fraction of sp³-hybridized carbons (Fsp3) is 0.350. The Labute approximate surface area is 189 Å². The SMILES string of the molecule is [2H]C([2H])(Oc1nn2c(-c3ccccc3F)nnc2cc1C(C([2H])([2H])[2H])(C([2H])([2H])[2H])C([2H])([2H])[2H])c1ncnn1C([2H])([2H])C([2H])([2H])[2H]. The number of rotatable bonds is 5. The minimum atomic E-state index is -3.89. The van der Waals surface area contributed by atoms with E-state index in [4.69, 9.17) is 26.7 Å². The first-order chi connectivity index (χ1) is 20.3. The van der Waals surface area contributed by atoms with Crippen molar-refractivity contribution in [3.05, 3.63) is 53.9 Å².